The van der Waals surface area contributed by atoms with Crippen LogP contribution in [0.25, 0.3) is 49.3 Å². The molecular formula is C46H41N3. The standard InChI is InChI=1S/C44H35N3.C2H6/c1-2-44(32-18-6-3-7-19-32,33-20-8-4-9-21-33)41(28-16-17-31-45)47-40-27-15-13-25-36(40)38-30-29-37-35-24-12-14-26-39(35)46(42(37)43(38)47)34-22-10-5-11-23-34;1-2/h2-31,41H,1,45H2;1-2H3/b28-16-,31-17-;. The molecule has 0 aliphatic heterocycles. The second-order valence-corrected chi connectivity index (χ2v) is 12.0. The summed E-state index contributed by atoms with van der Waals surface area (Å²) >= 11 is 0. The van der Waals surface area contributed by atoms with Crippen LogP contribution in [0.5, 0.6) is 0 Å². The molecule has 1 unspecified atom stereocenters. The van der Waals surface area contributed by atoms with Crippen molar-refractivity contribution >= 4 is 43.6 Å². The molecule has 8 aromatic rings. The van der Waals surface area contributed by atoms with E-state index < -0.39 is 5.41 Å². The first-order valence-electron chi connectivity index (χ1n) is 17.1. The van der Waals surface area contributed by atoms with Crippen LogP contribution in [0.3, 0.4) is 0 Å². The van der Waals surface area contributed by atoms with E-state index in [0.29, 0.717) is 0 Å². The average molecular weight is 636 g/mol. The van der Waals surface area contributed by atoms with E-state index >= 15 is 0 Å². The van der Waals surface area contributed by atoms with Gasteiger partial charge in [-0.2, -0.15) is 0 Å². The van der Waals surface area contributed by atoms with E-state index in [9.17, 15) is 0 Å². The quantitative estimate of drug-likeness (QED) is 0.131. The van der Waals surface area contributed by atoms with Gasteiger partial charge in [-0.15, -0.1) is 6.58 Å². The third-order valence-corrected chi connectivity index (χ3v) is 9.60. The van der Waals surface area contributed by atoms with E-state index in [1.54, 1.807) is 6.20 Å². The van der Waals surface area contributed by atoms with Crippen LogP contribution in [0.2, 0.25) is 0 Å². The molecule has 49 heavy (non-hydrogen) atoms. The maximum absolute atomic E-state index is 5.92. The lowest BCUT2D eigenvalue weighted by molar-refractivity contribution is 0.468. The number of nitrogens with zero attached hydrogens (tertiary/aromatic N) is 2. The highest BCUT2D eigenvalue weighted by Crippen LogP contribution is 2.49. The van der Waals surface area contributed by atoms with Crippen LogP contribution in [0.1, 0.15) is 31.0 Å². The first-order chi connectivity index (χ1) is 24.3. The molecule has 0 radical (unpaired) electrons. The van der Waals surface area contributed by atoms with Gasteiger partial charge in [0.15, 0.2) is 0 Å². The Balaban J connectivity index is 0.00000186. The predicted molar refractivity (Wildman–Crippen MR) is 210 cm³/mol. The summed E-state index contributed by atoms with van der Waals surface area (Å²) in [6.07, 6.45) is 9.98. The van der Waals surface area contributed by atoms with Gasteiger partial charge in [-0.05, 0) is 47.7 Å². The largest absolute Gasteiger partial charge is 0.405 e. The Morgan fingerprint density at radius 2 is 1.04 bits per heavy atom. The lowest BCUT2D eigenvalue weighted by Crippen LogP contribution is -2.35. The molecule has 8 rings (SSSR count). The van der Waals surface area contributed by atoms with Crippen molar-refractivity contribution in [3.63, 3.8) is 0 Å². The second-order valence-electron chi connectivity index (χ2n) is 12.0. The summed E-state index contributed by atoms with van der Waals surface area (Å²) in [5.74, 6) is 0. The van der Waals surface area contributed by atoms with E-state index in [-0.39, 0.29) is 6.04 Å². The summed E-state index contributed by atoms with van der Waals surface area (Å²) in [5.41, 5.74) is 13.4. The molecule has 1 atom stereocenters. The van der Waals surface area contributed by atoms with Crippen molar-refractivity contribution in [3.8, 4) is 5.69 Å². The summed E-state index contributed by atoms with van der Waals surface area (Å²) in [6.45, 7) is 8.57. The molecule has 0 fully saturated rings. The second kappa shape index (κ2) is 13.6. The van der Waals surface area contributed by atoms with Gasteiger partial charge in [-0.3, -0.25) is 0 Å². The highest BCUT2D eigenvalue weighted by atomic mass is 15.1. The van der Waals surface area contributed by atoms with Gasteiger partial charge in [0, 0.05) is 32.7 Å². The summed E-state index contributed by atoms with van der Waals surface area (Å²) in [5, 5.41) is 4.86. The van der Waals surface area contributed by atoms with Crippen LogP contribution in [0.15, 0.2) is 189 Å². The van der Waals surface area contributed by atoms with Crippen LogP contribution in [-0.4, -0.2) is 9.13 Å². The van der Waals surface area contributed by atoms with Crippen LogP contribution in [0.4, 0.5) is 0 Å². The lowest BCUT2D eigenvalue weighted by Gasteiger charge is -2.40. The topological polar surface area (TPSA) is 35.9 Å². The number of hydrogen-bond donors (Lipinski definition) is 1. The Kier molecular flexibility index (Phi) is 8.74. The van der Waals surface area contributed by atoms with E-state index in [4.69, 9.17) is 5.73 Å². The van der Waals surface area contributed by atoms with Crippen molar-refractivity contribution < 1.29 is 0 Å². The molecule has 0 aliphatic rings. The fourth-order valence-corrected chi connectivity index (χ4v) is 7.64. The summed E-state index contributed by atoms with van der Waals surface area (Å²) in [6, 6.07) is 54.1. The van der Waals surface area contributed by atoms with Crippen molar-refractivity contribution in [1.29, 1.82) is 0 Å². The summed E-state index contributed by atoms with van der Waals surface area (Å²) in [7, 11) is 0. The predicted octanol–water partition coefficient (Wildman–Crippen LogP) is 11.7. The summed E-state index contributed by atoms with van der Waals surface area (Å²) < 4.78 is 4.98. The number of fused-ring (bicyclic) bond motifs is 7. The Hall–Kier alpha value is -6.06. The molecule has 2 N–H and O–H groups in total. The monoisotopic (exact) mass is 635 g/mol. The number of hydrogen-bond acceptors (Lipinski definition) is 1. The zero-order valence-corrected chi connectivity index (χ0v) is 28.1. The van der Waals surface area contributed by atoms with Crippen molar-refractivity contribution in [2.24, 2.45) is 5.73 Å². The smallest absolute Gasteiger partial charge is 0.0785 e. The maximum atomic E-state index is 5.92. The van der Waals surface area contributed by atoms with Gasteiger partial charge < -0.3 is 14.9 Å². The highest BCUT2D eigenvalue weighted by Gasteiger charge is 2.41. The van der Waals surface area contributed by atoms with Crippen molar-refractivity contribution in [1.82, 2.24) is 9.13 Å². The third-order valence-electron chi connectivity index (χ3n) is 9.60. The minimum absolute atomic E-state index is 0.226. The number of benzene rings is 6. The molecule has 2 aromatic heterocycles. The number of nitrogens with two attached hydrogens (primary N) is 1. The molecule has 0 bridgehead atoms. The van der Waals surface area contributed by atoms with Gasteiger partial charge >= 0.3 is 0 Å². The van der Waals surface area contributed by atoms with E-state index in [2.05, 4.69) is 186 Å². The molecule has 0 aliphatic carbocycles. The van der Waals surface area contributed by atoms with Gasteiger partial charge in [0.2, 0.25) is 0 Å². The molecule has 0 saturated heterocycles. The van der Waals surface area contributed by atoms with Crippen LogP contribution < -0.4 is 5.73 Å². The van der Waals surface area contributed by atoms with Crippen molar-refractivity contribution in [3.05, 3.63) is 200 Å². The van der Waals surface area contributed by atoms with E-state index in [1.165, 1.54) is 38.1 Å². The zero-order chi connectivity index (χ0) is 33.8. The Bertz CT molecular complexity index is 2390. The van der Waals surface area contributed by atoms with Crippen molar-refractivity contribution in [2.75, 3.05) is 0 Å². The molecule has 0 amide bonds. The molecule has 3 heteroatoms. The fourth-order valence-electron chi connectivity index (χ4n) is 7.64. The van der Waals surface area contributed by atoms with Crippen LogP contribution in [-0.2, 0) is 5.41 Å². The van der Waals surface area contributed by atoms with Crippen molar-refractivity contribution in [2.45, 2.75) is 25.3 Å². The number of para-hydroxylation sites is 3. The molecule has 3 nitrogen and oxygen atoms in total. The zero-order valence-electron chi connectivity index (χ0n) is 28.1. The van der Waals surface area contributed by atoms with Gasteiger partial charge in [-0.1, -0.05) is 159 Å². The van der Waals surface area contributed by atoms with E-state index in [1.807, 2.05) is 19.9 Å². The van der Waals surface area contributed by atoms with Gasteiger partial charge in [0.25, 0.3) is 0 Å². The molecular weight excluding hydrogens is 595 g/mol. The SMILES string of the molecule is C=CC(c1ccccc1)(c1ccccc1)C(/C=C\C=C/N)n1c2ccccc2c2ccc3c4ccccc4n(-c4ccccc4)c3c21.CC. The lowest BCUT2D eigenvalue weighted by atomic mass is 9.68. The summed E-state index contributed by atoms with van der Waals surface area (Å²) in [4.78, 5) is 0. The van der Waals surface area contributed by atoms with E-state index in [0.717, 1.165) is 22.3 Å². The molecule has 240 valence electrons. The number of allylic oxidation sites excluding steroid dienone is 4. The van der Waals surface area contributed by atoms with Gasteiger partial charge in [0.1, 0.15) is 0 Å². The normalized spacial score (nSPS) is 12.6. The average Bonchev–Trinajstić information content (AvgIpc) is 3.70. The highest BCUT2D eigenvalue weighted by molar-refractivity contribution is 6.23. The van der Waals surface area contributed by atoms with Crippen LogP contribution in [0, 0.1) is 0 Å². The third kappa shape index (κ3) is 5.06. The first kappa shape index (κ1) is 31.5. The number of aromatic nitrogens is 2. The first-order valence-corrected chi connectivity index (χ1v) is 17.1. The molecule has 6 aromatic carbocycles. The molecule has 0 spiro atoms. The Labute approximate surface area is 288 Å². The Morgan fingerprint density at radius 3 is 1.61 bits per heavy atom. The maximum Gasteiger partial charge on any atom is 0.0785 e. The minimum atomic E-state index is -0.637. The molecule has 0 saturated carbocycles. The van der Waals surface area contributed by atoms with Crippen LogP contribution >= 0.6 is 0 Å². The van der Waals surface area contributed by atoms with Gasteiger partial charge in [-0.25, -0.2) is 0 Å². The number of rotatable bonds is 8. The molecule has 2 heterocycles. The fraction of sp³-hybridized carbons (Fsp3) is 0.0870. The Morgan fingerprint density at radius 1 is 0.551 bits per heavy atom. The van der Waals surface area contributed by atoms with Gasteiger partial charge in [0.05, 0.1) is 28.0 Å². The minimum Gasteiger partial charge on any atom is -0.405 e.